The molecule has 0 spiro atoms. The van der Waals surface area contributed by atoms with Crippen molar-refractivity contribution in [3.05, 3.63) is 59.9 Å². The van der Waals surface area contributed by atoms with E-state index in [1.54, 1.807) is 12.1 Å². The van der Waals surface area contributed by atoms with E-state index in [-0.39, 0.29) is 24.3 Å². The molecule has 0 radical (unpaired) electrons. The van der Waals surface area contributed by atoms with Crippen LogP contribution < -0.4 is 20.3 Å². The van der Waals surface area contributed by atoms with Gasteiger partial charge in [0, 0.05) is 31.0 Å². The predicted molar refractivity (Wildman–Crippen MR) is 116 cm³/mol. The van der Waals surface area contributed by atoms with E-state index in [1.165, 1.54) is 12.1 Å². The van der Waals surface area contributed by atoms with Gasteiger partial charge in [0.15, 0.2) is 6.61 Å². The van der Waals surface area contributed by atoms with Gasteiger partial charge in [-0.15, -0.1) is 0 Å². The molecule has 2 heterocycles. The molecule has 0 bridgehead atoms. The fourth-order valence-electron chi connectivity index (χ4n) is 3.37. The average Bonchev–Trinajstić information content (AvgIpc) is 3.32. The highest BCUT2D eigenvalue weighted by molar-refractivity contribution is 5.62. The summed E-state index contributed by atoms with van der Waals surface area (Å²) in [5.41, 5.74) is 2.45. The van der Waals surface area contributed by atoms with Crippen LogP contribution in [0.25, 0.3) is 0 Å². The third kappa shape index (κ3) is 6.67. The Morgan fingerprint density at radius 2 is 1.67 bits per heavy atom. The van der Waals surface area contributed by atoms with Crippen molar-refractivity contribution in [2.45, 2.75) is 25.6 Å². The third-order valence-electron chi connectivity index (χ3n) is 4.92. The van der Waals surface area contributed by atoms with Crippen LogP contribution in [-0.2, 0) is 6.54 Å². The minimum absolute atomic E-state index is 0.0182. The summed E-state index contributed by atoms with van der Waals surface area (Å²) >= 11 is 0. The van der Waals surface area contributed by atoms with Gasteiger partial charge in [-0.1, -0.05) is 18.2 Å². The van der Waals surface area contributed by atoms with Gasteiger partial charge in [0.2, 0.25) is 11.9 Å². The topological polar surface area (TPSA) is 75.2 Å². The molecule has 1 aromatic heterocycles. The highest BCUT2D eigenvalue weighted by Crippen LogP contribution is 2.25. The predicted octanol–water partition coefficient (Wildman–Crippen LogP) is 4.91. The molecule has 7 nitrogen and oxygen atoms in total. The summed E-state index contributed by atoms with van der Waals surface area (Å²) in [4.78, 5) is 14.4. The highest BCUT2D eigenvalue weighted by Gasteiger charge is 2.29. The van der Waals surface area contributed by atoms with Crippen molar-refractivity contribution in [2.75, 3.05) is 35.2 Å². The fraction of sp³-hybridized carbons (Fsp3) is 0.318. The molecule has 33 heavy (non-hydrogen) atoms. The van der Waals surface area contributed by atoms with Gasteiger partial charge < -0.3 is 20.3 Å². The lowest BCUT2D eigenvalue weighted by molar-refractivity contribution is -0.154. The van der Waals surface area contributed by atoms with Crippen LogP contribution in [0.4, 0.5) is 40.8 Å². The molecule has 1 fully saturated rings. The number of halogens is 4. The zero-order valence-electron chi connectivity index (χ0n) is 17.6. The summed E-state index contributed by atoms with van der Waals surface area (Å²) in [7, 11) is 0. The van der Waals surface area contributed by atoms with Gasteiger partial charge in [-0.25, -0.2) is 4.39 Å². The van der Waals surface area contributed by atoms with Gasteiger partial charge in [-0.3, -0.25) is 0 Å². The second-order valence-electron chi connectivity index (χ2n) is 7.52. The number of hydrogen-bond donors (Lipinski definition) is 2. The minimum atomic E-state index is -4.54. The Kier molecular flexibility index (Phi) is 6.76. The van der Waals surface area contributed by atoms with Crippen molar-refractivity contribution in [3.63, 3.8) is 0 Å². The molecule has 174 valence electrons. The first-order valence-corrected chi connectivity index (χ1v) is 10.4. The molecule has 1 aliphatic heterocycles. The Morgan fingerprint density at radius 3 is 2.39 bits per heavy atom. The van der Waals surface area contributed by atoms with Crippen LogP contribution in [0.15, 0.2) is 48.5 Å². The molecule has 0 aliphatic carbocycles. The van der Waals surface area contributed by atoms with E-state index >= 15 is 0 Å². The lowest BCUT2D eigenvalue weighted by Gasteiger charge is -2.18. The van der Waals surface area contributed by atoms with Crippen molar-refractivity contribution in [3.8, 4) is 6.01 Å². The summed E-state index contributed by atoms with van der Waals surface area (Å²) in [6.07, 6.45) is -2.27. The van der Waals surface area contributed by atoms with E-state index in [9.17, 15) is 17.6 Å². The first-order valence-electron chi connectivity index (χ1n) is 10.4. The number of anilines is 4. The first-order chi connectivity index (χ1) is 15.8. The number of rotatable bonds is 8. The van der Waals surface area contributed by atoms with E-state index in [0.717, 1.165) is 37.2 Å². The summed E-state index contributed by atoms with van der Waals surface area (Å²) in [6, 6.07) is 12.9. The van der Waals surface area contributed by atoms with Crippen LogP contribution >= 0.6 is 0 Å². The molecular weight excluding hydrogens is 440 g/mol. The van der Waals surface area contributed by atoms with E-state index in [2.05, 4.69) is 30.5 Å². The second kappa shape index (κ2) is 9.88. The molecule has 1 aliphatic rings. The second-order valence-corrected chi connectivity index (χ2v) is 7.52. The Labute approximate surface area is 187 Å². The normalized spacial score (nSPS) is 13.8. The lowest BCUT2D eigenvalue weighted by Crippen LogP contribution is -2.21. The quantitative estimate of drug-likeness (QED) is 0.461. The minimum Gasteiger partial charge on any atom is -0.454 e. The van der Waals surface area contributed by atoms with Crippen LogP contribution in [0.1, 0.15) is 18.4 Å². The van der Waals surface area contributed by atoms with E-state index in [1.807, 2.05) is 24.3 Å². The van der Waals surface area contributed by atoms with Crippen molar-refractivity contribution >= 4 is 23.3 Å². The van der Waals surface area contributed by atoms with Crippen molar-refractivity contribution in [2.24, 2.45) is 0 Å². The molecule has 2 aromatic carbocycles. The van der Waals surface area contributed by atoms with Gasteiger partial charge in [-0.2, -0.15) is 28.1 Å². The van der Waals surface area contributed by atoms with Crippen molar-refractivity contribution < 1.29 is 22.3 Å². The summed E-state index contributed by atoms with van der Waals surface area (Å²) in [6.45, 7) is 0.648. The zero-order valence-corrected chi connectivity index (χ0v) is 17.6. The molecule has 1 saturated heterocycles. The largest absolute Gasteiger partial charge is 0.454 e. The van der Waals surface area contributed by atoms with E-state index in [4.69, 9.17) is 4.74 Å². The van der Waals surface area contributed by atoms with Crippen LogP contribution in [0.3, 0.4) is 0 Å². The lowest BCUT2D eigenvalue weighted by atomic mass is 10.2. The molecular formula is C22H22F4N6O. The number of aromatic nitrogens is 3. The van der Waals surface area contributed by atoms with Crippen molar-refractivity contribution in [1.82, 2.24) is 15.0 Å². The van der Waals surface area contributed by atoms with Crippen LogP contribution in [0.5, 0.6) is 6.01 Å². The number of hydrogen-bond acceptors (Lipinski definition) is 7. The molecule has 0 saturated carbocycles. The molecule has 0 amide bonds. The Bertz CT molecular complexity index is 1070. The molecule has 0 unspecified atom stereocenters. The van der Waals surface area contributed by atoms with E-state index in [0.29, 0.717) is 5.69 Å². The fourth-order valence-corrected chi connectivity index (χ4v) is 3.37. The number of alkyl halides is 3. The smallest absolute Gasteiger partial charge is 0.422 e. The maximum Gasteiger partial charge on any atom is 0.422 e. The maximum absolute atomic E-state index is 13.1. The highest BCUT2D eigenvalue weighted by atomic mass is 19.4. The molecule has 4 rings (SSSR count). The van der Waals surface area contributed by atoms with Crippen LogP contribution in [-0.4, -0.2) is 40.8 Å². The third-order valence-corrected chi connectivity index (χ3v) is 4.92. The molecule has 11 heteroatoms. The zero-order chi connectivity index (χ0) is 23.3. The monoisotopic (exact) mass is 462 g/mol. The van der Waals surface area contributed by atoms with Gasteiger partial charge in [-0.05, 0) is 48.7 Å². The number of benzene rings is 2. The Morgan fingerprint density at radius 1 is 0.939 bits per heavy atom. The van der Waals surface area contributed by atoms with Crippen LogP contribution in [0.2, 0.25) is 0 Å². The SMILES string of the molecule is Fc1ccc(CNc2nc(Nc3cccc(N4CCCC4)c3)nc(OCC(F)(F)F)n2)cc1. The first kappa shape index (κ1) is 22.6. The molecule has 0 atom stereocenters. The Balaban J connectivity index is 1.53. The molecule has 3 aromatic rings. The summed E-state index contributed by atoms with van der Waals surface area (Å²) in [5.74, 6) is -0.323. The van der Waals surface area contributed by atoms with Gasteiger partial charge in [0.1, 0.15) is 5.82 Å². The maximum atomic E-state index is 13.1. The van der Waals surface area contributed by atoms with E-state index < -0.39 is 18.8 Å². The Hall–Kier alpha value is -3.63. The number of nitrogens with zero attached hydrogens (tertiary/aromatic N) is 4. The van der Waals surface area contributed by atoms with Gasteiger partial charge >= 0.3 is 12.2 Å². The summed E-state index contributed by atoms with van der Waals surface area (Å²) in [5, 5.41) is 5.92. The van der Waals surface area contributed by atoms with Gasteiger partial charge in [0.05, 0.1) is 0 Å². The standard InChI is InChI=1S/C22H22F4N6O/c23-16-8-6-15(7-9-16)13-27-19-29-20(31-21(30-19)33-14-22(24,25)26)28-17-4-3-5-18(12-17)32-10-1-2-11-32/h3-9,12H,1-2,10-11,13-14H2,(H2,27,28,29,30,31). The van der Waals surface area contributed by atoms with Gasteiger partial charge in [0.25, 0.3) is 0 Å². The van der Waals surface area contributed by atoms with Crippen molar-refractivity contribution in [1.29, 1.82) is 0 Å². The molecule has 2 N–H and O–H groups in total. The average molecular weight is 462 g/mol. The van der Waals surface area contributed by atoms with Crippen LogP contribution in [0, 0.1) is 5.82 Å². The number of nitrogens with one attached hydrogen (secondary N) is 2. The number of ether oxygens (including phenoxy) is 1. The summed E-state index contributed by atoms with van der Waals surface area (Å²) < 4.78 is 55.7.